The van der Waals surface area contributed by atoms with Crippen molar-refractivity contribution in [2.45, 2.75) is 6.54 Å². The van der Waals surface area contributed by atoms with Crippen LogP contribution in [-0.4, -0.2) is 25.4 Å². The number of hydrazine groups is 1. The first kappa shape index (κ1) is 13.0. The third-order valence-electron chi connectivity index (χ3n) is 2.07. The van der Waals surface area contributed by atoms with E-state index in [2.05, 4.69) is 16.2 Å². The van der Waals surface area contributed by atoms with Crippen molar-refractivity contribution in [3.05, 3.63) is 35.4 Å². The van der Waals surface area contributed by atoms with Crippen molar-refractivity contribution in [2.24, 2.45) is 0 Å². The van der Waals surface area contributed by atoms with Crippen molar-refractivity contribution < 1.29 is 4.79 Å². The molecule has 0 fully saturated rings. The third kappa shape index (κ3) is 4.18. The molecule has 5 heteroatoms. The minimum atomic E-state index is -0.0891. The SMILES string of the molecule is CNNCc1ccc(C(=O)NCCCl)cc1. The number of carbonyl (C=O) groups is 1. The minimum absolute atomic E-state index is 0.0891. The zero-order valence-electron chi connectivity index (χ0n) is 9.22. The maximum atomic E-state index is 11.5. The van der Waals surface area contributed by atoms with Crippen LogP contribution in [0, 0.1) is 0 Å². The fourth-order valence-corrected chi connectivity index (χ4v) is 1.32. The number of halogens is 1. The van der Waals surface area contributed by atoms with Crippen molar-refractivity contribution in [1.82, 2.24) is 16.2 Å². The lowest BCUT2D eigenvalue weighted by molar-refractivity contribution is 0.0956. The van der Waals surface area contributed by atoms with Crippen LogP contribution < -0.4 is 16.2 Å². The first-order valence-electron chi connectivity index (χ1n) is 5.10. The third-order valence-corrected chi connectivity index (χ3v) is 2.25. The molecule has 0 radical (unpaired) electrons. The van der Waals surface area contributed by atoms with E-state index in [-0.39, 0.29) is 5.91 Å². The normalized spacial score (nSPS) is 10.1. The van der Waals surface area contributed by atoms with Gasteiger partial charge in [0.15, 0.2) is 0 Å². The van der Waals surface area contributed by atoms with E-state index in [1.165, 1.54) is 0 Å². The molecule has 0 unspecified atom stereocenters. The number of hydrogen-bond acceptors (Lipinski definition) is 3. The van der Waals surface area contributed by atoms with E-state index in [0.717, 1.165) is 12.1 Å². The predicted octanol–water partition coefficient (Wildman–Crippen LogP) is 0.879. The van der Waals surface area contributed by atoms with Crippen LogP contribution in [0.15, 0.2) is 24.3 Å². The Hall–Kier alpha value is -1.10. The Balaban J connectivity index is 2.53. The van der Waals surface area contributed by atoms with Gasteiger partial charge < -0.3 is 5.32 Å². The van der Waals surface area contributed by atoms with Gasteiger partial charge in [-0.05, 0) is 24.7 Å². The summed E-state index contributed by atoms with van der Waals surface area (Å²) in [5, 5.41) is 2.71. The summed E-state index contributed by atoms with van der Waals surface area (Å²) in [7, 11) is 1.81. The summed E-state index contributed by atoms with van der Waals surface area (Å²) >= 11 is 5.49. The Morgan fingerprint density at radius 2 is 2.00 bits per heavy atom. The highest BCUT2D eigenvalue weighted by Crippen LogP contribution is 2.03. The van der Waals surface area contributed by atoms with Crippen molar-refractivity contribution >= 4 is 17.5 Å². The highest BCUT2D eigenvalue weighted by atomic mass is 35.5. The van der Waals surface area contributed by atoms with Crippen LogP contribution in [0.1, 0.15) is 15.9 Å². The molecule has 1 amide bonds. The molecular formula is C11H16ClN3O. The fraction of sp³-hybridized carbons (Fsp3) is 0.364. The Morgan fingerprint density at radius 1 is 1.31 bits per heavy atom. The van der Waals surface area contributed by atoms with Gasteiger partial charge in [0.2, 0.25) is 0 Å². The smallest absolute Gasteiger partial charge is 0.251 e. The van der Waals surface area contributed by atoms with Crippen LogP contribution in [0.3, 0.4) is 0 Å². The molecule has 0 saturated carbocycles. The van der Waals surface area contributed by atoms with E-state index in [4.69, 9.17) is 11.6 Å². The largest absolute Gasteiger partial charge is 0.351 e. The number of hydrogen-bond donors (Lipinski definition) is 3. The molecule has 0 bridgehead atoms. The molecule has 3 N–H and O–H groups in total. The summed E-state index contributed by atoms with van der Waals surface area (Å²) in [6.45, 7) is 1.21. The molecule has 1 aromatic rings. The van der Waals surface area contributed by atoms with Gasteiger partial charge >= 0.3 is 0 Å². The zero-order chi connectivity index (χ0) is 11.8. The van der Waals surface area contributed by atoms with Gasteiger partial charge in [-0.15, -0.1) is 11.6 Å². The van der Waals surface area contributed by atoms with Gasteiger partial charge in [0, 0.05) is 24.5 Å². The molecule has 1 rings (SSSR count). The van der Waals surface area contributed by atoms with Gasteiger partial charge in [-0.2, -0.15) is 0 Å². The molecule has 1 aromatic carbocycles. The second kappa shape index (κ2) is 7.22. The van der Waals surface area contributed by atoms with Crippen LogP contribution in [0.4, 0.5) is 0 Å². The van der Waals surface area contributed by atoms with Crippen LogP contribution >= 0.6 is 11.6 Å². The maximum Gasteiger partial charge on any atom is 0.251 e. The number of carbonyl (C=O) groups excluding carboxylic acids is 1. The van der Waals surface area contributed by atoms with E-state index in [0.29, 0.717) is 18.0 Å². The molecule has 88 valence electrons. The number of amides is 1. The van der Waals surface area contributed by atoms with Crippen molar-refractivity contribution in [1.29, 1.82) is 0 Å². The van der Waals surface area contributed by atoms with Crippen LogP contribution in [0.2, 0.25) is 0 Å². The van der Waals surface area contributed by atoms with Gasteiger partial charge in [-0.3, -0.25) is 15.6 Å². The van der Waals surface area contributed by atoms with Gasteiger partial charge in [0.05, 0.1) is 0 Å². The standard InChI is InChI=1S/C11H16ClN3O/c1-13-15-8-9-2-4-10(5-3-9)11(16)14-7-6-12/h2-5,13,15H,6-8H2,1H3,(H,14,16). The van der Waals surface area contributed by atoms with Crippen molar-refractivity contribution in [3.8, 4) is 0 Å². The summed E-state index contributed by atoms with van der Waals surface area (Å²) in [6, 6.07) is 7.44. The van der Waals surface area contributed by atoms with E-state index in [9.17, 15) is 4.79 Å². The summed E-state index contributed by atoms with van der Waals surface area (Å²) in [5.41, 5.74) is 7.58. The lowest BCUT2D eigenvalue weighted by Gasteiger charge is -2.05. The minimum Gasteiger partial charge on any atom is -0.351 e. The lowest BCUT2D eigenvalue weighted by Crippen LogP contribution is -2.27. The molecule has 0 aliphatic heterocycles. The second-order valence-electron chi connectivity index (χ2n) is 3.25. The average molecular weight is 242 g/mol. The van der Waals surface area contributed by atoms with Gasteiger partial charge in [-0.1, -0.05) is 12.1 Å². The highest BCUT2D eigenvalue weighted by molar-refractivity contribution is 6.18. The Morgan fingerprint density at radius 3 is 2.56 bits per heavy atom. The van der Waals surface area contributed by atoms with E-state index in [1.54, 1.807) is 12.1 Å². The number of alkyl halides is 1. The molecule has 0 aromatic heterocycles. The molecule has 0 saturated heterocycles. The fourth-order valence-electron chi connectivity index (χ4n) is 1.23. The average Bonchev–Trinajstić information content (AvgIpc) is 2.34. The molecular weight excluding hydrogens is 226 g/mol. The number of nitrogens with one attached hydrogen (secondary N) is 3. The summed E-state index contributed by atoms with van der Waals surface area (Å²) in [5.74, 6) is 0.337. The molecule has 16 heavy (non-hydrogen) atoms. The molecule has 0 heterocycles. The topological polar surface area (TPSA) is 53.2 Å². The zero-order valence-corrected chi connectivity index (χ0v) is 9.97. The maximum absolute atomic E-state index is 11.5. The van der Waals surface area contributed by atoms with Gasteiger partial charge in [0.25, 0.3) is 5.91 Å². The monoisotopic (exact) mass is 241 g/mol. The lowest BCUT2D eigenvalue weighted by atomic mass is 10.1. The number of benzene rings is 1. The highest BCUT2D eigenvalue weighted by Gasteiger charge is 2.03. The molecule has 0 spiro atoms. The number of rotatable bonds is 6. The van der Waals surface area contributed by atoms with Crippen molar-refractivity contribution in [2.75, 3.05) is 19.5 Å². The summed E-state index contributed by atoms with van der Waals surface area (Å²) < 4.78 is 0. The first-order chi connectivity index (χ1) is 7.77. The molecule has 4 nitrogen and oxygen atoms in total. The van der Waals surface area contributed by atoms with Crippen LogP contribution in [0.5, 0.6) is 0 Å². The summed E-state index contributed by atoms with van der Waals surface area (Å²) in [6.07, 6.45) is 0. The van der Waals surface area contributed by atoms with E-state index in [1.807, 2.05) is 19.2 Å². The van der Waals surface area contributed by atoms with Gasteiger partial charge in [0.1, 0.15) is 0 Å². The Bertz CT molecular complexity index is 327. The summed E-state index contributed by atoms with van der Waals surface area (Å²) in [4.78, 5) is 11.5. The quantitative estimate of drug-likeness (QED) is 0.512. The Kier molecular flexibility index (Phi) is 5.85. The molecule has 0 aliphatic carbocycles. The van der Waals surface area contributed by atoms with Crippen molar-refractivity contribution in [3.63, 3.8) is 0 Å². The molecule has 0 aliphatic rings. The van der Waals surface area contributed by atoms with E-state index < -0.39 is 0 Å². The van der Waals surface area contributed by atoms with E-state index >= 15 is 0 Å². The predicted molar refractivity (Wildman–Crippen MR) is 65.4 cm³/mol. The molecule has 0 atom stereocenters. The van der Waals surface area contributed by atoms with Gasteiger partial charge in [-0.25, -0.2) is 0 Å². The van der Waals surface area contributed by atoms with Crippen LogP contribution in [0.25, 0.3) is 0 Å². The second-order valence-corrected chi connectivity index (χ2v) is 3.62. The van der Waals surface area contributed by atoms with Crippen LogP contribution in [-0.2, 0) is 6.54 Å². The first-order valence-corrected chi connectivity index (χ1v) is 5.64. The Labute approximate surface area is 100 Å².